The number of alkyl carbamates (subject to hydrolysis) is 2. The van der Waals surface area contributed by atoms with Crippen molar-refractivity contribution >= 4 is 35.8 Å². The Morgan fingerprint density at radius 1 is 1.05 bits per heavy atom. The van der Waals surface area contributed by atoms with Crippen molar-refractivity contribution in [2.75, 3.05) is 37.7 Å². The molecule has 0 spiro atoms. The van der Waals surface area contributed by atoms with Crippen molar-refractivity contribution in [2.24, 2.45) is 5.92 Å². The number of nitrogens with zero attached hydrogens (tertiary/aromatic N) is 1. The maximum atomic E-state index is 13.3. The highest BCUT2D eigenvalue weighted by Crippen LogP contribution is 2.22. The van der Waals surface area contributed by atoms with Crippen LogP contribution in [-0.4, -0.2) is 78.4 Å². The van der Waals surface area contributed by atoms with Gasteiger partial charge in [-0.2, -0.15) is 11.8 Å². The van der Waals surface area contributed by atoms with Crippen LogP contribution in [0.15, 0.2) is 30.3 Å². The number of hydrogen-bond donors (Lipinski definition) is 2. The van der Waals surface area contributed by atoms with Crippen LogP contribution in [0, 0.1) is 5.92 Å². The molecule has 1 aromatic carbocycles. The number of likely N-dealkylation sites (tertiary alicyclic amines) is 1. The number of carbonyl (C=O) groups excluding carboxylic acids is 4. The van der Waals surface area contributed by atoms with Gasteiger partial charge in [0.1, 0.15) is 18.2 Å². The molecule has 0 aromatic heterocycles. The summed E-state index contributed by atoms with van der Waals surface area (Å²) < 4.78 is 15.6. The van der Waals surface area contributed by atoms with Crippen molar-refractivity contribution in [3.05, 3.63) is 35.9 Å². The largest absolute Gasteiger partial charge is 0.466 e. The molecule has 218 valence electrons. The van der Waals surface area contributed by atoms with Crippen LogP contribution in [0.2, 0.25) is 0 Å². The first kappa shape index (κ1) is 32.3. The number of thioether (sulfide) groups is 1. The van der Waals surface area contributed by atoms with Gasteiger partial charge in [-0.3, -0.25) is 9.59 Å². The van der Waals surface area contributed by atoms with Crippen LogP contribution in [0.4, 0.5) is 9.59 Å². The number of hydrogen-bond acceptors (Lipinski definition) is 8. The van der Waals surface area contributed by atoms with Crippen LogP contribution < -0.4 is 10.6 Å². The molecule has 0 saturated carbocycles. The number of carbonyl (C=O) groups is 4. The van der Waals surface area contributed by atoms with Crippen LogP contribution in [0.3, 0.4) is 0 Å². The number of amides is 3. The van der Waals surface area contributed by atoms with Crippen LogP contribution in [0.25, 0.3) is 0 Å². The van der Waals surface area contributed by atoms with Crippen molar-refractivity contribution in [1.29, 1.82) is 0 Å². The van der Waals surface area contributed by atoms with Crippen LogP contribution >= 0.6 is 11.8 Å². The molecule has 0 unspecified atom stereocenters. The van der Waals surface area contributed by atoms with Crippen molar-refractivity contribution in [2.45, 2.75) is 71.6 Å². The van der Waals surface area contributed by atoms with E-state index in [1.165, 1.54) is 18.7 Å². The Hall–Kier alpha value is -2.95. The van der Waals surface area contributed by atoms with Gasteiger partial charge in [0.25, 0.3) is 0 Å². The predicted molar refractivity (Wildman–Crippen MR) is 150 cm³/mol. The standard InChI is InChI=1S/C28H43N3O7S/c1-21(32)36-17-13-22-11-15-31(16-12-22)25(33)24(30-27(35)38-28(2,3)4)20-39-18-8-14-29-26(34)37-19-23-9-6-5-7-10-23/h5-7,9-10,22,24H,8,11-20H2,1-4H3,(H,29,34)(H,30,35)/t24-/m0/s1. The lowest BCUT2D eigenvalue weighted by Crippen LogP contribution is -2.52. The van der Waals surface area contributed by atoms with Gasteiger partial charge >= 0.3 is 18.2 Å². The number of nitrogens with one attached hydrogen (secondary N) is 2. The highest BCUT2D eigenvalue weighted by molar-refractivity contribution is 7.99. The van der Waals surface area contributed by atoms with Gasteiger partial charge in [0.15, 0.2) is 0 Å². The molecule has 2 rings (SSSR count). The van der Waals surface area contributed by atoms with E-state index in [0.717, 1.165) is 24.8 Å². The Balaban J connectivity index is 1.75. The molecular weight excluding hydrogens is 522 g/mol. The Kier molecular flexibility index (Phi) is 14.0. The zero-order valence-corrected chi connectivity index (χ0v) is 24.3. The molecule has 1 aromatic rings. The molecular formula is C28H43N3O7S. The van der Waals surface area contributed by atoms with Gasteiger partial charge < -0.3 is 29.7 Å². The normalized spacial score (nSPS) is 14.7. The topological polar surface area (TPSA) is 123 Å². The average molecular weight is 566 g/mol. The van der Waals surface area contributed by atoms with E-state index >= 15 is 0 Å². The highest BCUT2D eigenvalue weighted by Gasteiger charge is 2.30. The fourth-order valence-corrected chi connectivity index (χ4v) is 4.97. The molecule has 10 nitrogen and oxygen atoms in total. The molecule has 0 bridgehead atoms. The van der Waals surface area contributed by atoms with E-state index in [4.69, 9.17) is 14.2 Å². The maximum absolute atomic E-state index is 13.3. The van der Waals surface area contributed by atoms with Gasteiger partial charge in [-0.05, 0) is 63.7 Å². The summed E-state index contributed by atoms with van der Waals surface area (Å²) >= 11 is 1.53. The first-order valence-electron chi connectivity index (χ1n) is 13.5. The number of esters is 1. The summed E-state index contributed by atoms with van der Waals surface area (Å²) in [4.78, 5) is 50.4. The minimum Gasteiger partial charge on any atom is -0.466 e. The molecule has 0 radical (unpaired) electrons. The highest BCUT2D eigenvalue weighted by atomic mass is 32.2. The molecule has 39 heavy (non-hydrogen) atoms. The molecule has 1 fully saturated rings. The van der Waals surface area contributed by atoms with Crippen LogP contribution in [-0.2, 0) is 30.4 Å². The van der Waals surface area contributed by atoms with E-state index in [2.05, 4.69) is 10.6 Å². The molecule has 1 saturated heterocycles. The van der Waals surface area contributed by atoms with Gasteiger partial charge in [-0.1, -0.05) is 30.3 Å². The molecule has 3 amide bonds. The van der Waals surface area contributed by atoms with Gasteiger partial charge in [0, 0.05) is 32.3 Å². The van der Waals surface area contributed by atoms with Crippen molar-refractivity contribution in [1.82, 2.24) is 15.5 Å². The third-order valence-electron chi connectivity index (χ3n) is 5.98. The SMILES string of the molecule is CC(=O)OCCC1CCN(C(=O)[C@H](CSCCCNC(=O)OCc2ccccc2)NC(=O)OC(C)(C)C)CC1. The summed E-state index contributed by atoms with van der Waals surface area (Å²) in [6.07, 6.45) is 2.02. The number of piperidine rings is 1. The third kappa shape index (κ3) is 14.1. The lowest BCUT2D eigenvalue weighted by Gasteiger charge is -2.34. The van der Waals surface area contributed by atoms with E-state index in [-0.39, 0.29) is 18.5 Å². The van der Waals surface area contributed by atoms with Gasteiger partial charge in [0.05, 0.1) is 6.61 Å². The molecule has 0 aliphatic carbocycles. The number of rotatable bonds is 13. The van der Waals surface area contributed by atoms with E-state index in [9.17, 15) is 19.2 Å². The van der Waals surface area contributed by atoms with E-state index in [0.29, 0.717) is 50.1 Å². The Bertz CT molecular complexity index is 915. The third-order valence-corrected chi connectivity index (χ3v) is 7.13. The molecule has 11 heteroatoms. The molecule has 1 aliphatic rings. The predicted octanol–water partition coefficient (Wildman–Crippen LogP) is 4.12. The lowest BCUT2D eigenvalue weighted by atomic mass is 9.93. The summed E-state index contributed by atoms with van der Waals surface area (Å²) in [6, 6.07) is 8.74. The zero-order chi connectivity index (χ0) is 28.7. The van der Waals surface area contributed by atoms with Crippen molar-refractivity contribution in [3.63, 3.8) is 0 Å². The fourth-order valence-electron chi connectivity index (χ4n) is 4.00. The minimum absolute atomic E-state index is 0.130. The van der Waals surface area contributed by atoms with E-state index in [1.807, 2.05) is 30.3 Å². The molecule has 1 aliphatic heterocycles. The van der Waals surface area contributed by atoms with E-state index < -0.39 is 23.8 Å². The molecule has 1 atom stereocenters. The number of benzene rings is 1. The second-order valence-corrected chi connectivity index (χ2v) is 11.7. The lowest BCUT2D eigenvalue weighted by molar-refractivity contribution is -0.141. The first-order chi connectivity index (χ1) is 18.5. The minimum atomic E-state index is -0.716. The van der Waals surface area contributed by atoms with Crippen LogP contribution in [0.5, 0.6) is 0 Å². The summed E-state index contributed by atoms with van der Waals surface area (Å²) in [5, 5.41) is 5.48. The summed E-state index contributed by atoms with van der Waals surface area (Å²) in [5.74, 6) is 1.07. The average Bonchev–Trinajstić information content (AvgIpc) is 2.88. The summed E-state index contributed by atoms with van der Waals surface area (Å²) in [7, 11) is 0. The Morgan fingerprint density at radius 3 is 2.38 bits per heavy atom. The smallest absolute Gasteiger partial charge is 0.408 e. The fraction of sp³-hybridized carbons (Fsp3) is 0.643. The Morgan fingerprint density at radius 2 is 1.74 bits per heavy atom. The quantitative estimate of drug-likeness (QED) is 0.208. The maximum Gasteiger partial charge on any atom is 0.408 e. The first-order valence-corrected chi connectivity index (χ1v) is 14.6. The second-order valence-electron chi connectivity index (χ2n) is 10.5. The Labute approximate surface area is 235 Å². The van der Waals surface area contributed by atoms with Gasteiger partial charge in [-0.15, -0.1) is 0 Å². The molecule has 1 heterocycles. The van der Waals surface area contributed by atoms with Crippen molar-refractivity contribution in [3.8, 4) is 0 Å². The monoisotopic (exact) mass is 565 g/mol. The van der Waals surface area contributed by atoms with Crippen LogP contribution in [0.1, 0.15) is 58.9 Å². The molecule has 2 N–H and O–H groups in total. The second kappa shape index (κ2) is 16.9. The van der Waals surface area contributed by atoms with E-state index in [1.54, 1.807) is 25.7 Å². The zero-order valence-electron chi connectivity index (χ0n) is 23.5. The number of ether oxygens (including phenoxy) is 3. The summed E-state index contributed by atoms with van der Waals surface area (Å²) in [6.45, 7) is 8.96. The van der Waals surface area contributed by atoms with Crippen molar-refractivity contribution < 1.29 is 33.4 Å². The summed E-state index contributed by atoms with van der Waals surface area (Å²) in [5.41, 5.74) is 0.244. The van der Waals surface area contributed by atoms with Gasteiger partial charge in [-0.25, -0.2) is 9.59 Å². The van der Waals surface area contributed by atoms with Gasteiger partial charge in [0.2, 0.25) is 5.91 Å².